The van der Waals surface area contributed by atoms with E-state index < -0.39 is 0 Å². The number of hydrogen-bond acceptors (Lipinski definition) is 4. The minimum absolute atomic E-state index is 0.0190. The van der Waals surface area contributed by atoms with Gasteiger partial charge in [0.05, 0.1) is 6.67 Å². The second kappa shape index (κ2) is 8.03. The fraction of sp³-hybridized carbons (Fsp3) is 0.259. The second-order valence-electron chi connectivity index (χ2n) is 8.35. The van der Waals surface area contributed by atoms with Crippen LogP contribution in [0.25, 0.3) is 10.8 Å². The first kappa shape index (κ1) is 19.6. The van der Waals surface area contributed by atoms with Crippen molar-refractivity contribution in [2.45, 2.75) is 26.2 Å². The molecule has 0 unspecified atom stereocenters. The highest BCUT2D eigenvalue weighted by atomic mass is 16.1. The number of unbranched alkanes of at least 4 members (excludes halogenated alkanes) is 1. The summed E-state index contributed by atoms with van der Waals surface area (Å²) in [5.41, 5.74) is 3.47. The van der Waals surface area contributed by atoms with E-state index in [1.54, 1.807) is 12.1 Å². The zero-order valence-electron chi connectivity index (χ0n) is 17.8. The minimum atomic E-state index is -0.0253. The zero-order chi connectivity index (χ0) is 21.4. The van der Waals surface area contributed by atoms with E-state index in [9.17, 15) is 9.59 Å². The molecule has 0 N–H and O–H groups in total. The molecule has 3 aromatic rings. The molecule has 0 radical (unpaired) electrons. The fourth-order valence-corrected chi connectivity index (χ4v) is 4.66. The van der Waals surface area contributed by atoms with Crippen molar-refractivity contribution < 1.29 is 9.59 Å². The molecule has 31 heavy (non-hydrogen) atoms. The Labute approximate surface area is 182 Å². The zero-order valence-corrected chi connectivity index (χ0v) is 17.8. The van der Waals surface area contributed by atoms with Crippen LogP contribution in [0.15, 0.2) is 78.1 Å². The van der Waals surface area contributed by atoms with Gasteiger partial charge in [0.25, 0.3) is 0 Å². The number of ketones is 2. The first-order chi connectivity index (χ1) is 15.2. The standard InChI is InChI=1S/C27H26N2O2/c1-2-3-15-28-18-29(16-14-19-12-13-20-8-4-5-9-21(20)17-19)25-24(28)26(30)22-10-6-7-11-23(22)27(25)31/h4-13,17H,2-3,14-16,18H2,1H3. The molecule has 1 aliphatic heterocycles. The lowest BCUT2D eigenvalue weighted by molar-refractivity contribution is 0.0950. The van der Waals surface area contributed by atoms with Gasteiger partial charge in [-0.15, -0.1) is 0 Å². The molecule has 0 spiro atoms. The van der Waals surface area contributed by atoms with Gasteiger partial charge in [-0.25, -0.2) is 0 Å². The van der Waals surface area contributed by atoms with E-state index in [0.29, 0.717) is 35.7 Å². The smallest absolute Gasteiger partial charge is 0.212 e. The van der Waals surface area contributed by atoms with Crippen molar-refractivity contribution in [2.24, 2.45) is 0 Å². The summed E-state index contributed by atoms with van der Waals surface area (Å²) in [5.74, 6) is -0.0442. The molecule has 0 saturated heterocycles. The lowest BCUT2D eigenvalue weighted by Crippen LogP contribution is -2.31. The van der Waals surface area contributed by atoms with Crippen molar-refractivity contribution in [3.8, 4) is 0 Å². The second-order valence-corrected chi connectivity index (χ2v) is 8.35. The van der Waals surface area contributed by atoms with Gasteiger partial charge in [-0.1, -0.05) is 80.1 Å². The predicted molar refractivity (Wildman–Crippen MR) is 123 cm³/mol. The first-order valence-corrected chi connectivity index (χ1v) is 11.1. The third-order valence-electron chi connectivity index (χ3n) is 6.31. The number of Topliss-reactive ketones (excluding diaryl/α,β-unsaturated/α-hetero) is 2. The molecule has 0 saturated carbocycles. The van der Waals surface area contributed by atoms with Crippen LogP contribution >= 0.6 is 0 Å². The van der Waals surface area contributed by atoms with E-state index in [0.717, 1.165) is 25.8 Å². The highest BCUT2D eigenvalue weighted by Gasteiger charge is 2.42. The van der Waals surface area contributed by atoms with Gasteiger partial charge >= 0.3 is 0 Å². The topological polar surface area (TPSA) is 40.6 Å². The molecule has 1 aliphatic carbocycles. The Morgan fingerprint density at radius 1 is 0.742 bits per heavy atom. The predicted octanol–water partition coefficient (Wildman–Crippen LogP) is 5.05. The largest absolute Gasteiger partial charge is 0.349 e. The summed E-state index contributed by atoms with van der Waals surface area (Å²) >= 11 is 0. The van der Waals surface area contributed by atoms with Gasteiger partial charge in [0, 0.05) is 24.2 Å². The van der Waals surface area contributed by atoms with Crippen LogP contribution in [0.5, 0.6) is 0 Å². The van der Waals surface area contributed by atoms with E-state index in [-0.39, 0.29) is 11.6 Å². The number of fused-ring (bicyclic) bond motifs is 2. The number of benzene rings is 3. The number of rotatable bonds is 6. The van der Waals surface area contributed by atoms with Crippen LogP contribution in [0.4, 0.5) is 0 Å². The average molecular weight is 411 g/mol. The van der Waals surface area contributed by atoms with Gasteiger partial charge in [0.1, 0.15) is 11.4 Å². The summed E-state index contributed by atoms with van der Waals surface area (Å²) in [7, 11) is 0. The Hall–Kier alpha value is -3.40. The Bertz CT molecular complexity index is 1210. The van der Waals surface area contributed by atoms with Gasteiger partial charge in [0.15, 0.2) is 0 Å². The van der Waals surface area contributed by atoms with Crippen molar-refractivity contribution in [1.82, 2.24) is 9.80 Å². The summed E-state index contributed by atoms with van der Waals surface area (Å²) < 4.78 is 0. The Kier molecular flexibility index (Phi) is 5.06. The molecule has 4 nitrogen and oxygen atoms in total. The highest BCUT2D eigenvalue weighted by molar-refractivity contribution is 6.26. The van der Waals surface area contributed by atoms with E-state index >= 15 is 0 Å². The van der Waals surface area contributed by atoms with Crippen LogP contribution in [0.3, 0.4) is 0 Å². The van der Waals surface area contributed by atoms with Crippen molar-refractivity contribution >= 4 is 22.3 Å². The van der Waals surface area contributed by atoms with E-state index in [4.69, 9.17) is 0 Å². The Morgan fingerprint density at radius 2 is 1.35 bits per heavy atom. The molecule has 0 bridgehead atoms. The first-order valence-electron chi connectivity index (χ1n) is 11.1. The maximum Gasteiger partial charge on any atom is 0.212 e. The van der Waals surface area contributed by atoms with Crippen LogP contribution in [0.1, 0.15) is 46.0 Å². The molecular formula is C27H26N2O2. The van der Waals surface area contributed by atoms with Crippen LogP contribution in [-0.2, 0) is 6.42 Å². The van der Waals surface area contributed by atoms with Gasteiger partial charge < -0.3 is 9.80 Å². The van der Waals surface area contributed by atoms with Gasteiger partial charge in [0.2, 0.25) is 11.6 Å². The molecule has 0 atom stereocenters. The quantitative estimate of drug-likeness (QED) is 0.570. The normalized spacial score (nSPS) is 15.6. The number of hydrogen-bond donors (Lipinski definition) is 0. The third-order valence-corrected chi connectivity index (χ3v) is 6.31. The maximum atomic E-state index is 13.4. The molecule has 0 fully saturated rings. The lowest BCUT2D eigenvalue weighted by Gasteiger charge is -2.23. The van der Waals surface area contributed by atoms with Crippen molar-refractivity contribution in [2.75, 3.05) is 19.8 Å². The minimum Gasteiger partial charge on any atom is -0.349 e. The van der Waals surface area contributed by atoms with E-state index in [1.165, 1.54) is 16.3 Å². The van der Waals surface area contributed by atoms with Crippen molar-refractivity contribution in [3.63, 3.8) is 0 Å². The van der Waals surface area contributed by atoms with Crippen LogP contribution in [0.2, 0.25) is 0 Å². The molecular weight excluding hydrogens is 384 g/mol. The Balaban J connectivity index is 1.44. The van der Waals surface area contributed by atoms with Crippen LogP contribution < -0.4 is 0 Å². The number of carbonyl (C=O) groups excluding carboxylic acids is 2. The van der Waals surface area contributed by atoms with Crippen LogP contribution in [0, 0.1) is 0 Å². The number of nitrogens with zero attached hydrogens (tertiary/aromatic N) is 2. The lowest BCUT2D eigenvalue weighted by atomic mass is 9.90. The summed E-state index contributed by atoms with van der Waals surface area (Å²) in [6.07, 6.45) is 2.87. The summed E-state index contributed by atoms with van der Waals surface area (Å²) in [6, 6.07) is 22.1. The van der Waals surface area contributed by atoms with Crippen molar-refractivity contribution in [1.29, 1.82) is 0 Å². The monoisotopic (exact) mass is 410 g/mol. The SMILES string of the molecule is CCCCN1CN(CCc2ccc3ccccc3c2)C2=C1C(=O)c1ccccc1C2=O. The molecule has 0 amide bonds. The maximum absolute atomic E-state index is 13.4. The molecule has 3 aromatic carbocycles. The number of carbonyl (C=O) groups is 2. The van der Waals surface area contributed by atoms with E-state index in [2.05, 4.69) is 59.2 Å². The highest BCUT2D eigenvalue weighted by Crippen LogP contribution is 2.35. The summed E-state index contributed by atoms with van der Waals surface area (Å²) in [6.45, 7) is 4.25. The van der Waals surface area contributed by atoms with Crippen molar-refractivity contribution in [3.05, 3.63) is 94.8 Å². The summed E-state index contributed by atoms with van der Waals surface area (Å²) in [5, 5.41) is 2.46. The van der Waals surface area contributed by atoms with Gasteiger partial charge in [-0.3, -0.25) is 9.59 Å². The van der Waals surface area contributed by atoms with Gasteiger partial charge in [-0.2, -0.15) is 0 Å². The third kappa shape index (κ3) is 3.42. The molecule has 0 aromatic heterocycles. The number of allylic oxidation sites excluding steroid dienone is 2. The van der Waals surface area contributed by atoms with Gasteiger partial charge in [-0.05, 0) is 29.2 Å². The molecule has 156 valence electrons. The fourth-order valence-electron chi connectivity index (χ4n) is 4.66. The molecule has 5 rings (SSSR count). The van der Waals surface area contributed by atoms with Crippen LogP contribution in [-0.4, -0.2) is 41.1 Å². The summed E-state index contributed by atoms with van der Waals surface area (Å²) in [4.78, 5) is 30.9. The van der Waals surface area contributed by atoms with E-state index in [1.807, 2.05) is 12.1 Å². The average Bonchev–Trinajstić information content (AvgIpc) is 3.18. The molecule has 2 aliphatic rings. The molecule has 4 heteroatoms. The molecule has 1 heterocycles. The Morgan fingerprint density at radius 3 is 2.03 bits per heavy atom.